The zero-order valence-electron chi connectivity index (χ0n) is 11.6. The minimum Gasteiger partial charge on any atom is -0.465 e. The molecule has 20 heavy (non-hydrogen) atoms. The van der Waals surface area contributed by atoms with Crippen molar-refractivity contribution >= 4 is 27.6 Å². The van der Waals surface area contributed by atoms with Gasteiger partial charge in [-0.05, 0) is 35.6 Å². The molecule has 5 heteroatoms. The van der Waals surface area contributed by atoms with Crippen molar-refractivity contribution in [2.45, 2.75) is 5.33 Å². The van der Waals surface area contributed by atoms with E-state index < -0.39 is 0 Å². The van der Waals surface area contributed by atoms with Crippen molar-refractivity contribution in [2.75, 3.05) is 38.2 Å². The normalized spacial score (nSPS) is 24.8. The predicted molar refractivity (Wildman–Crippen MR) is 82.5 cm³/mol. The molecule has 0 radical (unpaired) electrons. The molecule has 0 aromatic heterocycles. The highest BCUT2D eigenvalue weighted by atomic mass is 79.9. The zero-order valence-corrected chi connectivity index (χ0v) is 13.1. The van der Waals surface area contributed by atoms with Gasteiger partial charge in [-0.1, -0.05) is 15.9 Å². The van der Waals surface area contributed by atoms with Gasteiger partial charge in [0.15, 0.2) is 0 Å². The summed E-state index contributed by atoms with van der Waals surface area (Å²) in [6, 6.07) is 6.02. The smallest absolute Gasteiger partial charge is 0.338 e. The number of fused-ring (bicyclic) bond motifs is 1. The molecular weight excluding hydrogens is 320 g/mol. The molecule has 2 fully saturated rings. The Morgan fingerprint density at radius 2 is 2.10 bits per heavy atom. The molecule has 1 N–H and O–H groups in total. The quantitative estimate of drug-likeness (QED) is 0.676. The summed E-state index contributed by atoms with van der Waals surface area (Å²) >= 11 is 3.46. The Bertz CT molecular complexity index is 509. The highest BCUT2D eigenvalue weighted by Crippen LogP contribution is 2.32. The summed E-state index contributed by atoms with van der Waals surface area (Å²) < 4.78 is 4.82. The van der Waals surface area contributed by atoms with Gasteiger partial charge < -0.3 is 15.0 Å². The molecule has 2 aliphatic heterocycles. The van der Waals surface area contributed by atoms with Gasteiger partial charge in [0.05, 0.1) is 12.7 Å². The van der Waals surface area contributed by atoms with Crippen LogP contribution in [0.25, 0.3) is 0 Å². The van der Waals surface area contributed by atoms with Crippen LogP contribution in [0.15, 0.2) is 18.2 Å². The summed E-state index contributed by atoms with van der Waals surface area (Å²) in [6.07, 6.45) is 0. The van der Waals surface area contributed by atoms with Crippen LogP contribution in [0.2, 0.25) is 0 Å². The van der Waals surface area contributed by atoms with Crippen molar-refractivity contribution in [1.29, 1.82) is 0 Å². The van der Waals surface area contributed by atoms with E-state index in [0.717, 1.165) is 43.6 Å². The van der Waals surface area contributed by atoms with Crippen molar-refractivity contribution in [3.63, 3.8) is 0 Å². The van der Waals surface area contributed by atoms with Crippen LogP contribution in [0, 0.1) is 11.8 Å². The Balaban J connectivity index is 1.83. The number of esters is 1. The van der Waals surface area contributed by atoms with E-state index in [1.165, 1.54) is 12.8 Å². The topological polar surface area (TPSA) is 41.6 Å². The highest BCUT2D eigenvalue weighted by molar-refractivity contribution is 9.08. The third-order valence-corrected chi connectivity index (χ3v) is 5.00. The fourth-order valence-electron chi connectivity index (χ4n) is 3.26. The number of halogens is 1. The molecule has 1 aromatic rings. The van der Waals surface area contributed by atoms with Gasteiger partial charge in [-0.25, -0.2) is 4.79 Å². The number of methoxy groups -OCH3 is 1. The second kappa shape index (κ2) is 5.74. The summed E-state index contributed by atoms with van der Waals surface area (Å²) in [4.78, 5) is 14.2. The summed E-state index contributed by atoms with van der Waals surface area (Å²) in [7, 11) is 1.42. The second-order valence-corrected chi connectivity index (χ2v) is 6.11. The molecular formula is C15H19BrN2O2. The predicted octanol–water partition coefficient (Wildman–Crippen LogP) is 2.02. The Morgan fingerprint density at radius 3 is 2.70 bits per heavy atom. The lowest BCUT2D eigenvalue weighted by molar-refractivity contribution is 0.0600. The number of alkyl halides is 1. The Hall–Kier alpha value is -1.07. The van der Waals surface area contributed by atoms with Crippen molar-refractivity contribution < 1.29 is 9.53 Å². The number of nitrogens with zero attached hydrogens (tertiary/aromatic N) is 1. The number of nitrogens with one attached hydrogen (secondary N) is 1. The number of rotatable bonds is 3. The molecule has 2 heterocycles. The molecule has 2 unspecified atom stereocenters. The third kappa shape index (κ3) is 2.44. The molecule has 0 bridgehead atoms. The van der Waals surface area contributed by atoms with E-state index in [1.54, 1.807) is 0 Å². The van der Waals surface area contributed by atoms with Crippen molar-refractivity contribution in [1.82, 2.24) is 5.32 Å². The van der Waals surface area contributed by atoms with Crippen LogP contribution in [0.3, 0.4) is 0 Å². The molecule has 0 amide bonds. The Labute approximate surface area is 127 Å². The first-order chi connectivity index (χ1) is 9.72. The number of carbonyl (C=O) groups excluding carboxylic acids is 1. The molecule has 108 valence electrons. The third-order valence-electron chi connectivity index (χ3n) is 4.39. The maximum absolute atomic E-state index is 11.7. The fraction of sp³-hybridized carbons (Fsp3) is 0.533. The van der Waals surface area contributed by atoms with E-state index in [-0.39, 0.29) is 5.97 Å². The monoisotopic (exact) mass is 338 g/mol. The number of carbonyl (C=O) groups is 1. The van der Waals surface area contributed by atoms with Crippen LogP contribution in [-0.2, 0) is 10.1 Å². The summed E-state index contributed by atoms with van der Waals surface area (Å²) in [5, 5.41) is 4.12. The number of ether oxygens (including phenoxy) is 1. The van der Waals surface area contributed by atoms with Crippen LogP contribution in [0.4, 0.5) is 5.69 Å². The fourth-order valence-corrected chi connectivity index (χ4v) is 3.73. The summed E-state index contributed by atoms with van der Waals surface area (Å²) in [6.45, 7) is 4.48. The molecule has 2 aliphatic rings. The Morgan fingerprint density at radius 1 is 1.40 bits per heavy atom. The SMILES string of the molecule is COC(=O)c1ccc(N2CC3CNCC3C2)cc1CBr. The lowest BCUT2D eigenvalue weighted by Gasteiger charge is -2.21. The van der Waals surface area contributed by atoms with Gasteiger partial charge in [0.25, 0.3) is 0 Å². The maximum atomic E-state index is 11.7. The first-order valence-electron chi connectivity index (χ1n) is 6.95. The molecule has 4 nitrogen and oxygen atoms in total. The standard InChI is InChI=1S/C15H19BrN2O2/c1-20-15(19)14-3-2-13(4-10(14)5-16)18-8-11-6-17-7-12(11)9-18/h2-4,11-12,17H,5-9H2,1H3. The van der Waals surface area contributed by atoms with E-state index in [2.05, 4.69) is 32.2 Å². The lowest BCUT2D eigenvalue weighted by Crippen LogP contribution is -2.25. The molecule has 2 saturated heterocycles. The molecule has 0 saturated carbocycles. The van der Waals surface area contributed by atoms with Crippen LogP contribution in [-0.4, -0.2) is 39.3 Å². The van der Waals surface area contributed by atoms with Crippen LogP contribution in [0.1, 0.15) is 15.9 Å². The van der Waals surface area contributed by atoms with E-state index in [9.17, 15) is 4.79 Å². The van der Waals surface area contributed by atoms with Crippen LogP contribution >= 0.6 is 15.9 Å². The average molecular weight is 339 g/mol. The van der Waals surface area contributed by atoms with E-state index in [0.29, 0.717) is 10.9 Å². The number of hydrogen-bond acceptors (Lipinski definition) is 4. The average Bonchev–Trinajstić information content (AvgIpc) is 3.07. The minimum atomic E-state index is -0.270. The van der Waals surface area contributed by atoms with Gasteiger partial charge in [-0.2, -0.15) is 0 Å². The second-order valence-electron chi connectivity index (χ2n) is 5.55. The Kier molecular flexibility index (Phi) is 3.98. The van der Waals surface area contributed by atoms with Gasteiger partial charge in [0, 0.05) is 37.2 Å². The molecule has 0 spiro atoms. The van der Waals surface area contributed by atoms with E-state index in [1.807, 2.05) is 12.1 Å². The van der Waals surface area contributed by atoms with E-state index >= 15 is 0 Å². The minimum absolute atomic E-state index is 0.270. The van der Waals surface area contributed by atoms with Gasteiger partial charge in [-0.3, -0.25) is 0 Å². The van der Waals surface area contributed by atoms with E-state index in [4.69, 9.17) is 4.74 Å². The summed E-state index contributed by atoms with van der Waals surface area (Å²) in [5.41, 5.74) is 2.85. The van der Waals surface area contributed by atoms with Crippen LogP contribution < -0.4 is 10.2 Å². The van der Waals surface area contributed by atoms with Gasteiger partial charge in [0.1, 0.15) is 0 Å². The van der Waals surface area contributed by atoms with Crippen molar-refractivity contribution in [3.05, 3.63) is 29.3 Å². The zero-order chi connectivity index (χ0) is 14.1. The number of anilines is 1. The van der Waals surface area contributed by atoms with Crippen molar-refractivity contribution in [2.24, 2.45) is 11.8 Å². The lowest BCUT2D eigenvalue weighted by atomic mass is 10.0. The molecule has 1 aromatic carbocycles. The first-order valence-corrected chi connectivity index (χ1v) is 8.08. The van der Waals surface area contributed by atoms with Gasteiger partial charge in [0.2, 0.25) is 0 Å². The van der Waals surface area contributed by atoms with Crippen molar-refractivity contribution in [3.8, 4) is 0 Å². The molecule has 2 atom stereocenters. The van der Waals surface area contributed by atoms with Crippen LogP contribution in [0.5, 0.6) is 0 Å². The first kappa shape index (κ1) is 13.9. The van der Waals surface area contributed by atoms with Gasteiger partial charge >= 0.3 is 5.97 Å². The largest absolute Gasteiger partial charge is 0.465 e. The summed E-state index contributed by atoms with van der Waals surface area (Å²) in [5.74, 6) is 1.26. The van der Waals surface area contributed by atoms with Gasteiger partial charge in [-0.15, -0.1) is 0 Å². The number of benzene rings is 1. The maximum Gasteiger partial charge on any atom is 0.338 e. The molecule has 3 rings (SSSR count). The molecule has 0 aliphatic carbocycles. The number of hydrogen-bond donors (Lipinski definition) is 1. The highest BCUT2D eigenvalue weighted by Gasteiger charge is 2.36.